The molecule has 1 saturated heterocycles. The van der Waals surface area contributed by atoms with Crippen LogP contribution in [0.3, 0.4) is 0 Å². The fourth-order valence-corrected chi connectivity index (χ4v) is 5.83. The van der Waals surface area contributed by atoms with Crippen LogP contribution in [-0.2, 0) is 20.0 Å². The number of rotatable bonds is 5. The Kier molecular flexibility index (Phi) is 6.41. The third-order valence-corrected chi connectivity index (χ3v) is 8.91. The van der Waals surface area contributed by atoms with Crippen molar-refractivity contribution in [2.75, 3.05) is 26.2 Å². The molecule has 9 heteroatoms. The number of piperazine rings is 1. The zero-order chi connectivity index (χ0) is 20.4. The highest BCUT2D eigenvalue weighted by atomic mass is 79.9. The Morgan fingerprint density at radius 1 is 0.893 bits per heavy atom. The molecule has 0 saturated carbocycles. The lowest BCUT2D eigenvalue weighted by molar-refractivity contribution is 0.275. The largest absolute Gasteiger partial charge is 0.243 e. The first-order valence-corrected chi connectivity index (χ1v) is 12.4. The van der Waals surface area contributed by atoms with Crippen molar-refractivity contribution < 1.29 is 16.8 Å². The second-order valence-corrected chi connectivity index (χ2v) is 11.1. The van der Waals surface area contributed by atoms with Gasteiger partial charge in [0.15, 0.2) is 0 Å². The van der Waals surface area contributed by atoms with Crippen LogP contribution in [0.5, 0.6) is 0 Å². The van der Waals surface area contributed by atoms with E-state index in [4.69, 9.17) is 0 Å². The minimum Gasteiger partial charge on any atom is -0.208 e. The van der Waals surface area contributed by atoms with Crippen LogP contribution in [0.2, 0.25) is 0 Å². The second-order valence-electron chi connectivity index (χ2n) is 6.47. The van der Waals surface area contributed by atoms with Gasteiger partial charge >= 0.3 is 0 Å². The number of hydrogen-bond donors (Lipinski definition) is 0. The molecule has 0 spiro atoms. The molecule has 3 rings (SSSR count). The van der Waals surface area contributed by atoms with Gasteiger partial charge in [0.1, 0.15) is 0 Å². The Morgan fingerprint density at radius 3 is 2.11 bits per heavy atom. The maximum absolute atomic E-state index is 12.8. The molecule has 0 N–H and O–H groups in total. The highest BCUT2D eigenvalue weighted by molar-refractivity contribution is 9.10. The Bertz CT molecular complexity index is 1080. The molecule has 0 aromatic heterocycles. The lowest BCUT2D eigenvalue weighted by atomic mass is 10.2. The van der Waals surface area contributed by atoms with Crippen LogP contribution >= 0.6 is 15.9 Å². The minimum atomic E-state index is -3.65. The molecular formula is C19H21BrN2O4S2. The van der Waals surface area contributed by atoms with Crippen LogP contribution in [-0.4, -0.2) is 51.6 Å². The molecule has 1 heterocycles. The van der Waals surface area contributed by atoms with Crippen LogP contribution < -0.4 is 0 Å². The predicted molar refractivity (Wildman–Crippen MR) is 114 cm³/mol. The van der Waals surface area contributed by atoms with Gasteiger partial charge in [0.25, 0.3) is 0 Å². The van der Waals surface area contributed by atoms with Gasteiger partial charge in [-0.15, -0.1) is 0 Å². The number of halogens is 1. The minimum absolute atomic E-state index is 0.121. The summed E-state index contributed by atoms with van der Waals surface area (Å²) in [6, 6.07) is 14.0. The van der Waals surface area contributed by atoms with Crippen LogP contribution in [0, 0.1) is 6.92 Å². The smallest absolute Gasteiger partial charge is 0.208 e. The fraction of sp³-hybridized carbons (Fsp3) is 0.263. The zero-order valence-electron chi connectivity index (χ0n) is 15.3. The molecule has 0 unspecified atom stereocenters. The predicted octanol–water partition coefficient (Wildman–Crippen LogP) is 3.06. The standard InChI is InChI=1S/C19H21BrN2O4S2/c1-16-15-18(7-8-19(16)20)28(25,26)22-12-10-21(11-13-22)27(23,24)14-9-17-5-3-2-4-6-17/h2-9,14-15H,10-13H2,1H3/b14-9+. The number of sulfonamides is 2. The van der Waals surface area contributed by atoms with Crippen molar-refractivity contribution in [1.29, 1.82) is 0 Å². The summed E-state index contributed by atoms with van der Waals surface area (Å²) in [5.41, 5.74) is 1.62. The number of benzene rings is 2. The lowest BCUT2D eigenvalue weighted by Gasteiger charge is -2.32. The number of nitrogens with zero attached hydrogens (tertiary/aromatic N) is 2. The molecule has 1 fully saturated rings. The van der Waals surface area contributed by atoms with E-state index in [-0.39, 0.29) is 31.1 Å². The SMILES string of the molecule is Cc1cc(S(=O)(=O)N2CCN(S(=O)(=O)/C=C/c3ccccc3)CC2)ccc1Br. The summed E-state index contributed by atoms with van der Waals surface area (Å²) in [6.45, 7) is 2.31. The molecule has 0 atom stereocenters. The molecule has 0 radical (unpaired) electrons. The van der Waals surface area contributed by atoms with Gasteiger partial charge in [-0.25, -0.2) is 16.8 Å². The van der Waals surface area contributed by atoms with Crippen molar-refractivity contribution in [3.63, 3.8) is 0 Å². The summed E-state index contributed by atoms with van der Waals surface area (Å²) in [5, 5.41) is 1.17. The number of aryl methyl sites for hydroxylation is 1. The second kappa shape index (κ2) is 8.46. The van der Waals surface area contributed by atoms with Gasteiger partial charge < -0.3 is 0 Å². The topological polar surface area (TPSA) is 74.8 Å². The van der Waals surface area contributed by atoms with Crippen molar-refractivity contribution >= 4 is 42.1 Å². The Balaban J connectivity index is 1.69. The average molecular weight is 485 g/mol. The van der Waals surface area contributed by atoms with Crippen LogP contribution in [0.4, 0.5) is 0 Å². The van der Waals surface area contributed by atoms with E-state index in [9.17, 15) is 16.8 Å². The molecule has 1 aliphatic heterocycles. The van der Waals surface area contributed by atoms with E-state index in [0.717, 1.165) is 15.6 Å². The summed E-state index contributed by atoms with van der Waals surface area (Å²) in [5.74, 6) is 0. The third-order valence-electron chi connectivity index (χ3n) is 4.56. The maximum Gasteiger partial charge on any atom is 0.243 e. The van der Waals surface area contributed by atoms with Gasteiger partial charge in [-0.05, 0) is 42.3 Å². The summed E-state index contributed by atoms with van der Waals surface area (Å²) >= 11 is 3.37. The van der Waals surface area contributed by atoms with E-state index >= 15 is 0 Å². The van der Waals surface area contributed by atoms with E-state index < -0.39 is 20.0 Å². The summed E-state index contributed by atoms with van der Waals surface area (Å²) in [7, 11) is -7.25. The first-order valence-electron chi connectivity index (χ1n) is 8.70. The normalized spacial score (nSPS) is 17.2. The molecule has 0 aliphatic carbocycles. The Labute approximate surface area is 174 Å². The molecule has 0 amide bonds. The van der Waals surface area contributed by atoms with E-state index in [1.54, 1.807) is 24.3 Å². The first kappa shape index (κ1) is 21.2. The summed E-state index contributed by atoms with van der Waals surface area (Å²) in [4.78, 5) is 0.216. The summed E-state index contributed by atoms with van der Waals surface area (Å²) in [6.07, 6.45) is 1.54. The van der Waals surface area contributed by atoms with Gasteiger partial charge in [-0.1, -0.05) is 46.3 Å². The van der Waals surface area contributed by atoms with Crippen molar-refractivity contribution in [2.45, 2.75) is 11.8 Å². The number of hydrogen-bond acceptors (Lipinski definition) is 4. The van der Waals surface area contributed by atoms with Crippen molar-refractivity contribution in [1.82, 2.24) is 8.61 Å². The van der Waals surface area contributed by atoms with Crippen LogP contribution in [0.1, 0.15) is 11.1 Å². The van der Waals surface area contributed by atoms with Crippen molar-refractivity contribution in [3.8, 4) is 0 Å². The third kappa shape index (κ3) is 4.72. The van der Waals surface area contributed by atoms with Gasteiger partial charge in [-0.2, -0.15) is 8.61 Å². The molecule has 6 nitrogen and oxygen atoms in total. The first-order chi connectivity index (χ1) is 13.2. The van der Waals surface area contributed by atoms with E-state index in [1.807, 2.05) is 37.3 Å². The van der Waals surface area contributed by atoms with Crippen LogP contribution in [0.25, 0.3) is 6.08 Å². The fourth-order valence-electron chi connectivity index (χ4n) is 2.91. The quantitative estimate of drug-likeness (QED) is 0.653. The Hall–Kier alpha value is -1.52. The molecule has 2 aromatic rings. The highest BCUT2D eigenvalue weighted by Crippen LogP contribution is 2.24. The molecule has 2 aromatic carbocycles. The van der Waals surface area contributed by atoms with Gasteiger partial charge in [0, 0.05) is 36.1 Å². The lowest BCUT2D eigenvalue weighted by Crippen LogP contribution is -2.49. The van der Waals surface area contributed by atoms with Crippen molar-refractivity contribution in [2.24, 2.45) is 0 Å². The van der Waals surface area contributed by atoms with E-state index in [0.29, 0.717) is 0 Å². The average Bonchev–Trinajstić information content (AvgIpc) is 2.69. The van der Waals surface area contributed by atoms with Gasteiger partial charge in [0.2, 0.25) is 20.0 Å². The molecule has 0 bridgehead atoms. The molecular weight excluding hydrogens is 464 g/mol. The monoisotopic (exact) mass is 484 g/mol. The van der Waals surface area contributed by atoms with Crippen LogP contribution in [0.15, 0.2) is 63.3 Å². The zero-order valence-corrected chi connectivity index (χ0v) is 18.5. The van der Waals surface area contributed by atoms with E-state index in [1.165, 1.54) is 14.0 Å². The van der Waals surface area contributed by atoms with Crippen molar-refractivity contribution in [3.05, 3.63) is 69.5 Å². The highest BCUT2D eigenvalue weighted by Gasteiger charge is 2.32. The van der Waals surface area contributed by atoms with E-state index in [2.05, 4.69) is 15.9 Å². The molecule has 28 heavy (non-hydrogen) atoms. The van der Waals surface area contributed by atoms with Gasteiger partial charge in [-0.3, -0.25) is 0 Å². The molecule has 1 aliphatic rings. The van der Waals surface area contributed by atoms with Gasteiger partial charge in [0.05, 0.1) is 4.90 Å². The maximum atomic E-state index is 12.8. The molecule has 150 valence electrons. The summed E-state index contributed by atoms with van der Waals surface area (Å²) < 4.78 is 54.2. The Morgan fingerprint density at radius 2 is 1.50 bits per heavy atom.